The summed E-state index contributed by atoms with van der Waals surface area (Å²) in [6, 6.07) is 5.51. The van der Waals surface area contributed by atoms with E-state index in [9.17, 15) is 9.59 Å². The molecule has 6 heteroatoms. The molecule has 102 valence electrons. The molecule has 1 aromatic rings. The molecule has 0 fully saturated rings. The Hall–Kier alpha value is -2.08. The maximum Gasteiger partial charge on any atom is 0.307 e. The van der Waals surface area contributed by atoms with Gasteiger partial charge in [-0.3, -0.25) is 9.59 Å². The predicted molar refractivity (Wildman–Crippen MR) is 69.1 cm³/mol. The summed E-state index contributed by atoms with van der Waals surface area (Å²) < 4.78 is 5.25. The zero-order valence-electron chi connectivity index (χ0n) is 10.6. The minimum Gasteiger partial charge on any atom is -0.482 e. The molecule has 6 nitrogen and oxygen atoms in total. The Morgan fingerprint density at radius 3 is 3.11 bits per heavy atom. The molecule has 0 spiro atoms. The van der Waals surface area contributed by atoms with E-state index < -0.39 is 11.9 Å². The van der Waals surface area contributed by atoms with Crippen LogP contribution < -0.4 is 15.4 Å². The first-order valence-electron chi connectivity index (χ1n) is 6.05. The lowest BCUT2D eigenvalue weighted by Crippen LogP contribution is -2.27. The fraction of sp³-hybridized carbons (Fsp3) is 0.385. The smallest absolute Gasteiger partial charge is 0.307 e. The van der Waals surface area contributed by atoms with Crippen molar-refractivity contribution < 1.29 is 19.4 Å². The molecule has 3 N–H and O–H groups in total. The van der Waals surface area contributed by atoms with Crippen molar-refractivity contribution in [3.05, 3.63) is 23.8 Å². The van der Waals surface area contributed by atoms with Gasteiger partial charge in [-0.15, -0.1) is 0 Å². The van der Waals surface area contributed by atoms with Gasteiger partial charge in [-0.1, -0.05) is 13.0 Å². The molecular weight excluding hydrogens is 248 g/mol. The number of rotatable bonds is 5. The molecule has 1 heterocycles. The van der Waals surface area contributed by atoms with Crippen LogP contribution in [-0.2, 0) is 16.1 Å². The highest BCUT2D eigenvalue weighted by atomic mass is 16.5. The van der Waals surface area contributed by atoms with Gasteiger partial charge in [0.1, 0.15) is 5.75 Å². The lowest BCUT2D eigenvalue weighted by Gasteiger charge is -2.18. The highest BCUT2D eigenvalue weighted by Crippen LogP contribution is 2.28. The summed E-state index contributed by atoms with van der Waals surface area (Å²) in [5.41, 5.74) is 1.61. The second-order valence-corrected chi connectivity index (χ2v) is 4.54. The first-order chi connectivity index (χ1) is 9.06. The zero-order chi connectivity index (χ0) is 13.8. The van der Waals surface area contributed by atoms with E-state index in [1.807, 2.05) is 12.1 Å². The third-order valence-corrected chi connectivity index (χ3v) is 2.88. The number of carbonyl (C=O) groups excluding carboxylic acids is 1. The molecule has 1 aliphatic rings. The lowest BCUT2D eigenvalue weighted by molar-refractivity contribution is -0.140. The number of benzene rings is 1. The van der Waals surface area contributed by atoms with Crippen LogP contribution >= 0.6 is 0 Å². The predicted octanol–water partition coefficient (Wildman–Crippen LogP) is 0.828. The van der Waals surface area contributed by atoms with Gasteiger partial charge in [0.2, 0.25) is 0 Å². The van der Waals surface area contributed by atoms with Gasteiger partial charge in [-0.25, -0.2) is 0 Å². The summed E-state index contributed by atoms with van der Waals surface area (Å²) in [5.74, 6) is -0.765. The van der Waals surface area contributed by atoms with Crippen LogP contribution in [0.4, 0.5) is 5.69 Å². The van der Waals surface area contributed by atoms with Crippen molar-refractivity contribution in [2.45, 2.75) is 13.5 Å². The van der Waals surface area contributed by atoms with Crippen molar-refractivity contribution in [3.8, 4) is 5.75 Å². The highest BCUT2D eigenvalue weighted by Gasteiger charge is 2.16. The van der Waals surface area contributed by atoms with E-state index in [2.05, 4.69) is 10.6 Å². The van der Waals surface area contributed by atoms with E-state index in [-0.39, 0.29) is 12.5 Å². The molecule has 0 aromatic heterocycles. The van der Waals surface area contributed by atoms with E-state index in [1.165, 1.54) is 0 Å². The van der Waals surface area contributed by atoms with E-state index in [1.54, 1.807) is 13.0 Å². The molecule has 1 unspecified atom stereocenters. The highest BCUT2D eigenvalue weighted by molar-refractivity contribution is 5.95. The van der Waals surface area contributed by atoms with Crippen molar-refractivity contribution >= 4 is 17.6 Å². The molecule has 0 aliphatic carbocycles. The standard InChI is InChI=1S/C13H16N2O4/c1-8(13(17)18)5-14-6-9-2-3-11-10(4-9)15-12(16)7-19-11/h2-4,8,14H,5-7H2,1H3,(H,15,16)(H,17,18). The zero-order valence-corrected chi connectivity index (χ0v) is 10.6. The number of aliphatic carboxylic acids is 1. The summed E-state index contributed by atoms with van der Waals surface area (Å²) in [7, 11) is 0. The van der Waals surface area contributed by atoms with Crippen molar-refractivity contribution in [1.29, 1.82) is 0 Å². The number of nitrogens with one attached hydrogen (secondary N) is 2. The summed E-state index contributed by atoms with van der Waals surface area (Å²) in [4.78, 5) is 21.9. The van der Waals surface area contributed by atoms with Crippen LogP contribution in [0.5, 0.6) is 5.75 Å². The minimum absolute atomic E-state index is 0.0424. The number of carboxylic acid groups (broad SMARTS) is 1. The Morgan fingerprint density at radius 1 is 1.58 bits per heavy atom. The monoisotopic (exact) mass is 264 g/mol. The number of hydrogen-bond donors (Lipinski definition) is 3. The summed E-state index contributed by atoms with van der Waals surface area (Å²) >= 11 is 0. The molecule has 1 amide bonds. The van der Waals surface area contributed by atoms with Gasteiger partial charge in [-0.05, 0) is 17.7 Å². The Kier molecular flexibility index (Phi) is 4.01. The minimum atomic E-state index is -0.821. The molecular formula is C13H16N2O4. The first kappa shape index (κ1) is 13.4. The summed E-state index contributed by atoms with van der Waals surface area (Å²) in [5, 5.41) is 14.6. The molecule has 0 saturated heterocycles. The number of hydrogen-bond acceptors (Lipinski definition) is 4. The second kappa shape index (κ2) is 5.71. The fourth-order valence-electron chi connectivity index (χ4n) is 1.76. The van der Waals surface area contributed by atoms with Gasteiger partial charge >= 0.3 is 5.97 Å². The van der Waals surface area contributed by atoms with E-state index >= 15 is 0 Å². The number of ether oxygens (including phenoxy) is 1. The third kappa shape index (κ3) is 3.45. The first-order valence-corrected chi connectivity index (χ1v) is 6.05. The summed E-state index contributed by atoms with van der Waals surface area (Å²) in [6.45, 7) is 2.63. The summed E-state index contributed by atoms with van der Waals surface area (Å²) in [6.07, 6.45) is 0. The van der Waals surface area contributed by atoms with Crippen LogP contribution in [0.15, 0.2) is 18.2 Å². The largest absolute Gasteiger partial charge is 0.482 e. The van der Waals surface area contributed by atoms with Gasteiger partial charge in [0, 0.05) is 13.1 Å². The van der Waals surface area contributed by atoms with Gasteiger partial charge in [0.05, 0.1) is 11.6 Å². The number of carboxylic acids is 1. The number of amides is 1. The van der Waals surface area contributed by atoms with Crippen LogP contribution in [0.25, 0.3) is 0 Å². The topological polar surface area (TPSA) is 87.7 Å². The Labute approximate surface area is 110 Å². The van der Waals surface area contributed by atoms with Crippen LogP contribution in [-0.4, -0.2) is 30.1 Å². The van der Waals surface area contributed by atoms with E-state index in [0.29, 0.717) is 24.5 Å². The molecule has 0 radical (unpaired) electrons. The Morgan fingerprint density at radius 2 is 2.37 bits per heavy atom. The van der Waals surface area contributed by atoms with E-state index in [4.69, 9.17) is 9.84 Å². The van der Waals surface area contributed by atoms with Crippen LogP contribution in [0, 0.1) is 5.92 Å². The Balaban J connectivity index is 1.93. The molecule has 1 aliphatic heterocycles. The van der Waals surface area contributed by atoms with Gasteiger partial charge < -0.3 is 20.5 Å². The van der Waals surface area contributed by atoms with Crippen molar-refractivity contribution in [2.24, 2.45) is 5.92 Å². The van der Waals surface area contributed by atoms with Crippen molar-refractivity contribution in [2.75, 3.05) is 18.5 Å². The SMILES string of the molecule is CC(CNCc1ccc2c(c1)NC(=O)CO2)C(=O)O. The van der Waals surface area contributed by atoms with Crippen LogP contribution in [0.2, 0.25) is 0 Å². The number of carbonyl (C=O) groups is 2. The molecule has 0 bridgehead atoms. The fourth-order valence-corrected chi connectivity index (χ4v) is 1.76. The molecule has 0 saturated carbocycles. The average molecular weight is 264 g/mol. The van der Waals surface area contributed by atoms with Gasteiger partial charge in [0.25, 0.3) is 5.91 Å². The number of anilines is 1. The second-order valence-electron chi connectivity index (χ2n) is 4.54. The van der Waals surface area contributed by atoms with Gasteiger partial charge in [0.15, 0.2) is 6.61 Å². The number of fused-ring (bicyclic) bond motifs is 1. The lowest BCUT2D eigenvalue weighted by atomic mass is 10.1. The molecule has 2 rings (SSSR count). The average Bonchev–Trinajstić information content (AvgIpc) is 2.38. The van der Waals surface area contributed by atoms with E-state index in [0.717, 1.165) is 5.56 Å². The molecule has 1 aromatic carbocycles. The van der Waals surface area contributed by atoms with Crippen molar-refractivity contribution in [1.82, 2.24) is 5.32 Å². The Bertz CT molecular complexity index is 501. The quantitative estimate of drug-likeness (QED) is 0.733. The van der Waals surface area contributed by atoms with Crippen LogP contribution in [0.3, 0.4) is 0 Å². The third-order valence-electron chi connectivity index (χ3n) is 2.88. The van der Waals surface area contributed by atoms with Gasteiger partial charge in [-0.2, -0.15) is 0 Å². The maximum absolute atomic E-state index is 11.2. The molecule has 19 heavy (non-hydrogen) atoms. The molecule has 1 atom stereocenters. The van der Waals surface area contributed by atoms with Crippen LogP contribution in [0.1, 0.15) is 12.5 Å². The normalized spacial score (nSPS) is 15.1. The maximum atomic E-state index is 11.2. The van der Waals surface area contributed by atoms with Crippen molar-refractivity contribution in [3.63, 3.8) is 0 Å².